The molecule has 0 spiro atoms. The zero-order valence-electron chi connectivity index (χ0n) is 9.37. The van der Waals surface area contributed by atoms with Crippen LogP contribution < -0.4 is 4.90 Å². The molecule has 0 N–H and O–H groups in total. The normalized spacial score (nSPS) is 18.1. The number of aromatic nitrogens is 1. The highest BCUT2D eigenvalue weighted by Crippen LogP contribution is 2.26. The van der Waals surface area contributed by atoms with E-state index in [1.807, 2.05) is 25.1 Å². The molecule has 1 aliphatic rings. The van der Waals surface area contributed by atoms with Gasteiger partial charge in [0, 0.05) is 24.7 Å². The zero-order valence-corrected chi connectivity index (χ0v) is 9.37. The van der Waals surface area contributed by atoms with Gasteiger partial charge in [0.15, 0.2) is 0 Å². The van der Waals surface area contributed by atoms with Crippen LogP contribution in [0, 0.1) is 12.8 Å². The molecule has 2 rings (SSSR count). The summed E-state index contributed by atoms with van der Waals surface area (Å²) in [5.41, 5.74) is 0.966. The van der Waals surface area contributed by atoms with E-state index in [0.29, 0.717) is 25.9 Å². The summed E-state index contributed by atoms with van der Waals surface area (Å²) in [7, 11) is 0. The summed E-state index contributed by atoms with van der Waals surface area (Å²) in [6.07, 6.45) is -1.05. The fraction of sp³-hybridized carbons (Fsp3) is 0.583. The average Bonchev–Trinajstić information content (AvgIpc) is 2.29. The predicted octanol–water partition coefficient (Wildman–Crippen LogP) is 2.87. The smallest absolute Gasteiger partial charge is 0.241 e. The van der Waals surface area contributed by atoms with E-state index in [-0.39, 0.29) is 0 Å². The number of nitrogens with zero attached hydrogens (tertiary/aromatic N) is 2. The van der Waals surface area contributed by atoms with Crippen molar-refractivity contribution in [2.75, 3.05) is 18.0 Å². The lowest BCUT2D eigenvalue weighted by Crippen LogP contribution is -2.36. The molecule has 0 aromatic carbocycles. The van der Waals surface area contributed by atoms with Crippen LogP contribution in [0.3, 0.4) is 0 Å². The van der Waals surface area contributed by atoms with Gasteiger partial charge in [-0.1, -0.05) is 6.07 Å². The molecule has 0 amide bonds. The molecule has 0 saturated carbocycles. The van der Waals surface area contributed by atoms with Crippen LogP contribution in [-0.2, 0) is 0 Å². The molecule has 1 aromatic heterocycles. The van der Waals surface area contributed by atoms with Gasteiger partial charge >= 0.3 is 0 Å². The second kappa shape index (κ2) is 4.76. The van der Waals surface area contributed by atoms with Crippen molar-refractivity contribution in [2.45, 2.75) is 26.2 Å². The van der Waals surface area contributed by atoms with Crippen LogP contribution >= 0.6 is 0 Å². The summed E-state index contributed by atoms with van der Waals surface area (Å²) < 4.78 is 25.0. The van der Waals surface area contributed by atoms with Gasteiger partial charge in [0.05, 0.1) is 0 Å². The number of halogens is 2. The molecular weight excluding hydrogens is 210 g/mol. The molecule has 0 atom stereocenters. The third-order valence-corrected chi connectivity index (χ3v) is 3.09. The van der Waals surface area contributed by atoms with Crippen LogP contribution in [0.5, 0.6) is 0 Å². The van der Waals surface area contributed by atoms with E-state index >= 15 is 0 Å². The van der Waals surface area contributed by atoms with E-state index in [9.17, 15) is 8.78 Å². The van der Waals surface area contributed by atoms with Gasteiger partial charge in [-0.2, -0.15) is 0 Å². The van der Waals surface area contributed by atoms with Crippen LogP contribution in [0.2, 0.25) is 0 Å². The SMILES string of the molecule is Cc1cccc(N2CCC(C(F)F)CC2)n1. The summed E-state index contributed by atoms with van der Waals surface area (Å²) in [4.78, 5) is 6.49. The molecule has 1 aromatic rings. The van der Waals surface area contributed by atoms with Gasteiger partial charge in [-0.25, -0.2) is 13.8 Å². The number of hydrogen-bond acceptors (Lipinski definition) is 2. The van der Waals surface area contributed by atoms with Gasteiger partial charge in [-0.15, -0.1) is 0 Å². The summed E-state index contributed by atoms with van der Waals surface area (Å²) in [6.45, 7) is 3.31. The highest BCUT2D eigenvalue weighted by molar-refractivity contribution is 5.39. The van der Waals surface area contributed by atoms with Crippen molar-refractivity contribution in [1.82, 2.24) is 4.98 Å². The predicted molar refractivity (Wildman–Crippen MR) is 59.9 cm³/mol. The number of hydrogen-bond donors (Lipinski definition) is 0. The molecule has 88 valence electrons. The van der Waals surface area contributed by atoms with Crippen molar-refractivity contribution in [3.05, 3.63) is 23.9 Å². The number of rotatable bonds is 2. The Hall–Kier alpha value is -1.19. The Morgan fingerprint density at radius 3 is 2.56 bits per heavy atom. The minimum Gasteiger partial charge on any atom is -0.357 e. The minimum absolute atomic E-state index is 0.430. The van der Waals surface area contributed by atoms with E-state index in [2.05, 4.69) is 9.88 Å². The molecule has 0 radical (unpaired) electrons. The lowest BCUT2D eigenvalue weighted by atomic mass is 9.97. The van der Waals surface area contributed by atoms with Gasteiger partial charge in [0.2, 0.25) is 6.43 Å². The monoisotopic (exact) mass is 226 g/mol. The largest absolute Gasteiger partial charge is 0.357 e. The maximum atomic E-state index is 12.5. The second-order valence-electron chi connectivity index (χ2n) is 4.30. The van der Waals surface area contributed by atoms with Crippen LogP contribution in [0.1, 0.15) is 18.5 Å². The number of alkyl halides is 2. The maximum Gasteiger partial charge on any atom is 0.241 e. The summed E-state index contributed by atoms with van der Waals surface area (Å²) >= 11 is 0. The number of pyridine rings is 1. The summed E-state index contributed by atoms with van der Waals surface area (Å²) in [6, 6.07) is 5.84. The van der Waals surface area contributed by atoms with E-state index in [1.165, 1.54) is 0 Å². The van der Waals surface area contributed by atoms with E-state index in [4.69, 9.17) is 0 Å². The number of aryl methyl sites for hydroxylation is 1. The van der Waals surface area contributed by atoms with Crippen LogP contribution in [-0.4, -0.2) is 24.5 Å². The van der Waals surface area contributed by atoms with Gasteiger partial charge in [0.1, 0.15) is 5.82 Å². The third-order valence-electron chi connectivity index (χ3n) is 3.09. The summed E-state index contributed by atoms with van der Waals surface area (Å²) in [5, 5.41) is 0. The highest BCUT2D eigenvalue weighted by atomic mass is 19.3. The minimum atomic E-state index is -2.17. The average molecular weight is 226 g/mol. The van der Waals surface area contributed by atoms with Gasteiger partial charge in [-0.05, 0) is 31.9 Å². The zero-order chi connectivity index (χ0) is 11.5. The Morgan fingerprint density at radius 2 is 2.00 bits per heavy atom. The lowest BCUT2D eigenvalue weighted by Gasteiger charge is -2.32. The molecule has 1 saturated heterocycles. The van der Waals surface area contributed by atoms with Crippen molar-refractivity contribution in [3.8, 4) is 0 Å². The maximum absolute atomic E-state index is 12.5. The quantitative estimate of drug-likeness (QED) is 0.770. The van der Waals surface area contributed by atoms with Crippen LogP contribution in [0.4, 0.5) is 14.6 Å². The third kappa shape index (κ3) is 2.49. The number of piperidine rings is 1. The van der Waals surface area contributed by atoms with Gasteiger partial charge < -0.3 is 4.90 Å². The molecule has 0 aliphatic carbocycles. The van der Waals surface area contributed by atoms with Crippen molar-refractivity contribution >= 4 is 5.82 Å². The van der Waals surface area contributed by atoms with Crippen molar-refractivity contribution in [3.63, 3.8) is 0 Å². The lowest BCUT2D eigenvalue weighted by molar-refractivity contribution is 0.0635. The first-order valence-electron chi connectivity index (χ1n) is 5.63. The molecule has 4 heteroatoms. The fourth-order valence-corrected chi connectivity index (χ4v) is 2.09. The molecule has 1 fully saturated rings. The van der Waals surface area contributed by atoms with Crippen LogP contribution in [0.25, 0.3) is 0 Å². The van der Waals surface area contributed by atoms with E-state index < -0.39 is 12.3 Å². The standard InChI is InChI=1S/C12H16F2N2/c1-9-3-2-4-11(15-9)16-7-5-10(6-8-16)12(13)14/h2-4,10,12H,5-8H2,1H3. The first-order valence-corrected chi connectivity index (χ1v) is 5.63. The molecule has 16 heavy (non-hydrogen) atoms. The van der Waals surface area contributed by atoms with Crippen molar-refractivity contribution < 1.29 is 8.78 Å². The Labute approximate surface area is 94.3 Å². The molecule has 1 aliphatic heterocycles. The Bertz CT molecular complexity index is 347. The fourth-order valence-electron chi connectivity index (χ4n) is 2.09. The molecule has 0 unspecified atom stereocenters. The van der Waals surface area contributed by atoms with E-state index in [1.54, 1.807) is 0 Å². The molecule has 2 nitrogen and oxygen atoms in total. The molecule has 2 heterocycles. The first kappa shape index (κ1) is 11.3. The Balaban J connectivity index is 1.99. The van der Waals surface area contributed by atoms with Gasteiger partial charge in [0.25, 0.3) is 0 Å². The highest BCUT2D eigenvalue weighted by Gasteiger charge is 2.26. The van der Waals surface area contributed by atoms with Gasteiger partial charge in [-0.3, -0.25) is 0 Å². The Morgan fingerprint density at radius 1 is 1.31 bits per heavy atom. The van der Waals surface area contributed by atoms with Crippen LogP contribution in [0.15, 0.2) is 18.2 Å². The van der Waals surface area contributed by atoms with Crippen molar-refractivity contribution in [2.24, 2.45) is 5.92 Å². The van der Waals surface area contributed by atoms with E-state index in [0.717, 1.165) is 11.5 Å². The second-order valence-corrected chi connectivity index (χ2v) is 4.30. The first-order chi connectivity index (χ1) is 7.66. The molecular formula is C12H16F2N2. The topological polar surface area (TPSA) is 16.1 Å². The Kier molecular flexibility index (Phi) is 3.36. The van der Waals surface area contributed by atoms with Crippen molar-refractivity contribution in [1.29, 1.82) is 0 Å². The molecule has 0 bridgehead atoms. The summed E-state index contributed by atoms with van der Waals surface area (Å²) in [5.74, 6) is 0.480. The number of anilines is 1.